The molecule has 0 spiro atoms. The highest BCUT2D eigenvalue weighted by atomic mass is 16.5. The van der Waals surface area contributed by atoms with E-state index in [1.165, 1.54) is 7.11 Å². The van der Waals surface area contributed by atoms with Gasteiger partial charge in [0.15, 0.2) is 0 Å². The molecule has 0 aromatic heterocycles. The highest BCUT2D eigenvalue weighted by molar-refractivity contribution is 5.86. The Kier molecular flexibility index (Phi) is 6.65. The predicted octanol–water partition coefficient (Wildman–Crippen LogP) is 1.94. The van der Waals surface area contributed by atoms with Gasteiger partial charge < -0.3 is 15.4 Å². The van der Waals surface area contributed by atoms with E-state index < -0.39 is 5.54 Å². The summed E-state index contributed by atoms with van der Waals surface area (Å²) in [5.41, 5.74) is 5.64. The van der Waals surface area contributed by atoms with Gasteiger partial charge in [0.05, 0.1) is 19.1 Å². The summed E-state index contributed by atoms with van der Waals surface area (Å²) in [5.74, 6) is 0.525. The third kappa shape index (κ3) is 5.30. The van der Waals surface area contributed by atoms with Crippen LogP contribution in [0, 0.1) is 11.8 Å². The van der Waals surface area contributed by atoms with E-state index in [0.29, 0.717) is 24.9 Å². The number of ether oxygens (including phenoxy) is 1. The number of carbonyl (C=O) groups is 2. The molecule has 1 fully saturated rings. The van der Waals surface area contributed by atoms with Crippen LogP contribution in [-0.4, -0.2) is 42.5 Å². The Morgan fingerprint density at radius 2 is 2.10 bits per heavy atom. The van der Waals surface area contributed by atoms with Gasteiger partial charge in [0.2, 0.25) is 5.91 Å². The zero-order valence-electron chi connectivity index (χ0n) is 13.9. The number of methoxy groups -OCH3 is 1. The third-order valence-electron chi connectivity index (χ3n) is 4.14. The lowest BCUT2D eigenvalue weighted by Gasteiger charge is -2.39. The van der Waals surface area contributed by atoms with Gasteiger partial charge in [0.25, 0.3) is 0 Å². The Bertz CT molecular complexity index is 371. The number of amides is 1. The summed E-state index contributed by atoms with van der Waals surface area (Å²) in [5, 5.41) is 0. The number of nitrogens with zero attached hydrogens (tertiary/aromatic N) is 1. The van der Waals surface area contributed by atoms with Gasteiger partial charge in [-0.1, -0.05) is 33.6 Å². The maximum absolute atomic E-state index is 12.9. The molecule has 1 aliphatic rings. The molecule has 0 aliphatic heterocycles. The van der Waals surface area contributed by atoms with Crippen molar-refractivity contribution in [3.05, 3.63) is 0 Å². The van der Waals surface area contributed by atoms with Crippen molar-refractivity contribution in [1.29, 1.82) is 0 Å². The number of carbonyl (C=O) groups excluding carboxylic acids is 2. The maximum Gasteiger partial charge on any atom is 0.307 e. The van der Waals surface area contributed by atoms with Crippen molar-refractivity contribution in [3.8, 4) is 0 Å². The Labute approximate surface area is 128 Å². The molecule has 5 nitrogen and oxygen atoms in total. The molecule has 21 heavy (non-hydrogen) atoms. The van der Waals surface area contributed by atoms with E-state index in [9.17, 15) is 9.59 Å². The molecule has 0 bridgehead atoms. The normalized spacial score (nSPS) is 25.7. The van der Waals surface area contributed by atoms with Gasteiger partial charge in [-0.3, -0.25) is 9.59 Å². The van der Waals surface area contributed by atoms with Gasteiger partial charge in [-0.2, -0.15) is 0 Å². The van der Waals surface area contributed by atoms with Crippen molar-refractivity contribution in [2.75, 3.05) is 20.2 Å². The second-order valence-corrected chi connectivity index (χ2v) is 6.83. The fourth-order valence-corrected chi connectivity index (χ4v) is 3.15. The van der Waals surface area contributed by atoms with Crippen LogP contribution in [0.5, 0.6) is 0 Å². The van der Waals surface area contributed by atoms with Crippen LogP contribution >= 0.6 is 0 Å². The Hall–Kier alpha value is -1.10. The first-order valence-electron chi connectivity index (χ1n) is 7.93. The van der Waals surface area contributed by atoms with E-state index in [1.54, 1.807) is 4.90 Å². The molecule has 0 aromatic rings. The fraction of sp³-hybridized carbons (Fsp3) is 0.875. The molecule has 0 radical (unpaired) electrons. The molecule has 2 atom stereocenters. The van der Waals surface area contributed by atoms with Crippen LogP contribution in [0.2, 0.25) is 0 Å². The van der Waals surface area contributed by atoms with Crippen LogP contribution < -0.4 is 5.73 Å². The lowest BCUT2D eigenvalue weighted by molar-refractivity contribution is -0.143. The Balaban J connectivity index is 2.75. The summed E-state index contributed by atoms with van der Waals surface area (Å²) >= 11 is 0. The molecule has 122 valence electrons. The smallest absolute Gasteiger partial charge is 0.307 e. The molecule has 0 saturated heterocycles. The zero-order valence-corrected chi connectivity index (χ0v) is 13.9. The Morgan fingerprint density at radius 3 is 2.62 bits per heavy atom. The van der Waals surface area contributed by atoms with Crippen molar-refractivity contribution < 1.29 is 14.3 Å². The highest BCUT2D eigenvalue weighted by Gasteiger charge is 2.40. The van der Waals surface area contributed by atoms with Crippen molar-refractivity contribution in [1.82, 2.24) is 4.90 Å². The minimum Gasteiger partial charge on any atom is -0.469 e. The topological polar surface area (TPSA) is 72.6 Å². The molecular formula is C16H30N2O3. The lowest BCUT2D eigenvalue weighted by Crippen LogP contribution is -2.58. The molecule has 2 unspecified atom stereocenters. The van der Waals surface area contributed by atoms with Crippen LogP contribution in [0.3, 0.4) is 0 Å². The maximum atomic E-state index is 12.9. The summed E-state index contributed by atoms with van der Waals surface area (Å²) in [6.45, 7) is 7.28. The zero-order chi connectivity index (χ0) is 16.0. The number of rotatable bonds is 6. The summed E-state index contributed by atoms with van der Waals surface area (Å²) in [4.78, 5) is 25.9. The number of hydrogen-bond acceptors (Lipinski definition) is 4. The van der Waals surface area contributed by atoms with Gasteiger partial charge >= 0.3 is 5.97 Å². The summed E-state index contributed by atoms with van der Waals surface area (Å²) in [6.07, 6.45) is 3.83. The minimum atomic E-state index is -0.761. The van der Waals surface area contributed by atoms with E-state index in [4.69, 9.17) is 5.73 Å². The molecule has 5 heteroatoms. The van der Waals surface area contributed by atoms with Gasteiger partial charge in [0, 0.05) is 13.1 Å². The van der Waals surface area contributed by atoms with Crippen LogP contribution in [0.4, 0.5) is 0 Å². The van der Waals surface area contributed by atoms with Crippen molar-refractivity contribution in [3.63, 3.8) is 0 Å². The van der Waals surface area contributed by atoms with Gasteiger partial charge in [-0.05, 0) is 24.7 Å². The van der Waals surface area contributed by atoms with Gasteiger partial charge in [-0.25, -0.2) is 0 Å². The number of hydrogen-bond donors (Lipinski definition) is 1. The monoisotopic (exact) mass is 298 g/mol. The van der Waals surface area contributed by atoms with Gasteiger partial charge in [-0.15, -0.1) is 0 Å². The lowest BCUT2D eigenvalue weighted by atomic mass is 9.76. The minimum absolute atomic E-state index is 0.00773. The average molecular weight is 298 g/mol. The molecule has 1 amide bonds. The van der Waals surface area contributed by atoms with Crippen LogP contribution in [0.25, 0.3) is 0 Å². The quantitative estimate of drug-likeness (QED) is 0.761. The average Bonchev–Trinajstić information content (AvgIpc) is 2.41. The van der Waals surface area contributed by atoms with E-state index in [0.717, 1.165) is 25.7 Å². The SMILES string of the molecule is COC(=O)CCN(CC(C)C)C(=O)C1(N)CCCC(C)C1. The number of nitrogens with two attached hydrogens (primary N) is 1. The van der Waals surface area contributed by atoms with Crippen LogP contribution in [0.15, 0.2) is 0 Å². The van der Waals surface area contributed by atoms with Crippen LogP contribution in [-0.2, 0) is 14.3 Å². The van der Waals surface area contributed by atoms with E-state index >= 15 is 0 Å². The second-order valence-electron chi connectivity index (χ2n) is 6.83. The highest BCUT2D eigenvalue weighted by Crippen LogP contribution is 2.32. The van der Waals surface area contributed by atoms with E-state index in [-0.39, 0.29) is 18.3 Å². The molecule has 0 heterocycles. The third-order valence-corrected chi connectivity index (χ3v) is 4.14. The number of esters is 1. The van der Waals surface area contributed by atoms with Crippen molar-refractivity contribution in [2.24, 2.45) is 17.6 Å². The molecule has 1 rings (SSSR count). The second kappa shape index (κ2) is 7.78. The first kappa shape index (κ1) is 18.0. The first-order chi connectivity index (χ1) is 9.78. The Morgan fingerprint density at radius 1 is 1.43 bits per heavy atom. The van der Waals surface area contributed by atoms with Gasteiger partial charge in [0.1, 0.15) is 0 Å². The van der Waals surface area contributed by atoms with E-state index in [2.05, 4.69) is 25.5 Å². The van der Waals surface area contributed by atoms with E-state index in [1.807, 2.05) is 0 Å². The van der Waals surface area contributed by atoms with Crippen LogP contribution in [0.1, 0.15) is 52.9 Å². The first-order valence-corrected chi connectivity index (χ1v) is 7.93. The summed E-state index contributed by atoms with van der Waals surface area (Å²) in [7, 11) is 1.37. The molecule has 2 N–H and O–H groups in total. The fourth-order valence-electron chi connectivity index (χ4n) is 3.15. The van der Waals surface area contributed by atoms with Crippen molar-refractivity contribution >= 4 is 11.9 Å². The van der Waals surface area contributed by atoms with Crippen molar-refractivity contribution in [2.45, 2.75) is 58.4 Å². The molecule has 0 aromatic carbocycles. The summed E-state index contributed by atoms with van der Waals surface area (Å²) in [6, 6.07) is 0. The largest absolute Gasteiger partial charge is 0.469 e. The predicted molar refractivity (Wildman–Crippen MR) is 82.6 cm³/mol. The standard InChI is InChI=1S/C16H30N2O3/c1-12(2)11-18(9-7-14(19)21-4)15(20)16(17)8-5-6-13(3)10-16/h12-13H,5-11,17H2,1-4H3. The molecule has 1 saturated carbocycles. The summed E-state index contributed by atoms with van der Waals surface area (Å²) < 4.78 is 4.66. The molecule has 1 aliphatic carbocycles. The molecular weight excluding hydrogens is 268 g/mol.